The summed E-state index contributed by atoms with van der Waals surface area (Å²) in [7, 11) is 0. The molecule has 2 aromatic carbocycles. The van der Waals surface area contributed by atoms with E-state index in [0.29, 0.717) is 4.74 Å². The zero-order valence-corrected chi connectivity index (χ0v) is 12.8. The van der Waals surface area contributed by atoms with Gasteiger partial charge in [0.25, 0.3) is 0 Å². The lowest BCUT2D eigenvalue weighted by molar-refractivity contribution is 0.287. The van der Waals surface area contributed by atoms with Crippen molar-refractivity contribution in [2.24, 2.45) is 5.16 Å². The molecule has 0 fully saturated rings. The van der Waals surface area contributed by atoms with Crippen LogP contribution in [0.2, 0.25) is 0 Å². The lowest BCUT2D eigenvalue weighted by Gasteiger charge is -2.37. The summed E-state index contributed by atoms with van der Waals surface area (Å²) in [6, 6.07) is 14.5. The standard InChI is InChI=1S/C16H14BrFN2O/c17-16(19-21)20-10-9-11-3-1-2-4-14(11)15(20)12-5-7-13(18)8-6-12/h1-8,15,21H,9-10H2/b19-16+/t15-/m0/s1. The first-order valence-corrected chi connectivity index (χ1v) is 7.47. The maximum atomic E-state index is 13.2. The third-order valence-electron chi connectivity index (χ3n) is 3.79. The summed E-state index contributed by atoms with van der Waals surface area (Å²) in [4.78, 5) is 1.97. The second kappa shape index (κ2) is 5.85. The van der Waals surface area contributed by atoms with Gasteiger partial charge in [0, 0.05) is 6.54 Å². The summed E-state index contributed by atoms with van der Waals surface area (Å²) in [5.74, 6) is -0.260. The van der Waals surface area contributed by atoms with Crippen molar-refractivity contribution in [3.8, 4) is 0 Å². The summed E-state index contributed by atoms with van der Waals surface area (Å²) >= 11 is 3.29. The van der Waals surface area contributed by atoms with Crippen molar-refractivity contribution >= 4 is 20.7 Å². The van der Waals surface area contributed by atoms with E-state index in [4.69, 9.17) is 5.21 Å². The predicted octanol–water partition coefficient (Wildman–Crippen LogP) is 3.91. The molecule has 0 aliphatic carbocycles. The molecule has 0 unspecified atom stereocenters. The van der Waals surface area contributed by atoms with E-state index in [1.807, 2.05) is 17.0 Å². The smallest absolute Gasteiger partial charge is 0.212 e. The van der Waals surface area contributed by atoms with Gasteiger partial charge in [0.05, 0.1) is 6.04 Å². The van der Waals surface area contributed by atoms with Gasteiger partial charge in [-0.2, -0.15) is 0 Å². The molecule has 1 aliphatic rings. The van der Waals surface area contributed by atoms with Crippen LogP contribution in [0.5, 0.6) is 0 Å². The van der Waals surface area contributed by atoms with Gasteiger partial charge >= 0.3 is 0 Å². The van der Waals surface area contributed by atoms with Gasteiger partial charge < -0.3 is 10.1 Å². The largest absolute Gasteiger partial charge is 0.409 e. The second-order valence-electron chi connectivity index (χ2n) is 4.97. The minimum Gasteiger partial charge on any atom is -0.409 e. The SMILES string of the molecule is O/N=C(\Br)N1CCc2ccccc2[C@@H]1c1ccc(F)cc1. The minimum absolute atomic E-state index is 0.0965. The molecule has 2 aromatic rings. The zero-order chi connectivity index (χ0) is 14.8. The quantitative estimate of drug-likeness (QED) is 0.279. The van der Waals surface area contributed by atoms with Crippen LogP contribution in [0, 0.1) is 5.82 Å². The van der Waals surface area contributed by atoms with Crippen molar-refractivity contribution in [1.82, 2.24) is 4.90 Å². The third-order valence-corrected chi connectivity index (χ3v) is 4.40. The molecule has 0 amide bonds. The molecule has 0 bridgehead atoms. The molecule has 5 heteroatoms. The van der Waals surface area contributed by atoms with E-state index in [1.165, 1.54) is 17.7 Å². The normalized spacial score (nSPS) is 18.5. The molecule has 0 radical (unpaired) electrons. The van der Waals surface area contributed by atoms with E-state index in [1.54, 1.807) is 12.1 Å². The molecule has 1 aliphatic heterocycles. The first-order valence-electron chi connectivity index (χ1n) is 6.68. The third kappa shape index (κ3) is 2.65. The molecule has 108 valence electrons. The summed E-state index contributed by atoms with van der Waals surface area (Å²) < 4.78 is 13.6. The van der Waals surface area contributed by atoms with Crippen molar-refractivity contribution in [3.63, 3.8) is 0 Å². The maximum absolute atomic E-state index is 13.2. The Morgan fingerprint density at radius 2 is 1.90 bits per heavy atom. The highest BCUT2D eigenvalue weighted by atomic mass is 79.9. The number of halogens is 2. The number of nitrogens with zero attached hydrogens (tertiary/aromatic N) is 2. The predicted molar refractivity (Wildman–Crippen MR) is 83.2 cm³/mol. The van der Waals surface area contributed by atoms with Crippen molar-refractivity contribution in [3.05, 3.63) is 71.0 Å². The van der Waals surface area contributed by atoms with E-state index in [0.717, 1.165) is 24.1 Å². The molecule has 3 nitrogen and oxygen atoms in total. The Bertz CT molecular complexity index is 672. The Hall–Kier alpha value is -1.88. The highest BCUT2D eigenvalue weighted by molar-refractivity contribution is 9.18. The Balaban J connectivity index is 2.12. The zero-order valence-electron chi connectivity index (χ0n) is 11.2. The van der Waals surface area contributed by atoms with Crippen LogP contribution >= 0.6 is 15.9 Å². The van der Waals surface area contributed by atoms with E-state index in [9.17, 15) is 4.39 Å². The van der Waals surface area contributed by atoms with Gasteiger partial charge in [0.15, 0.2) is 0 Å². The van der Waals surface area contributed by atoms with Crippen molar-refractivity contribution in [1.29, 1.82) is 0 Å². The molecule has 1 atom stereocenters. The van der Waals surface area contributed by atoms with Gasteiger partial charge in [0.1, 0.15) is 5.82 Å². The van der Waals surface area contributed by atoms with Crippen LogP contribution in [0.15, 0.2) is 53.7 Å². The van der Waals surface area contributed by atoms with Crippen LogP contribution in [0.3, 0.4) is 0 Å². The second-order valence-corrected chi connectivity index (χ2v) is 5.67. The highest BCUT2D eigenvalue weighted by Crippen LogP contribution is 2.36. The molecule has 0 aromatic heterocycles. The molecule has 0 saturated carbocycles. The van der Waals surface area contributed by atoms with Crippen LogP contribution in [0.1, 0.15) is 22.7 Å². The molecular weight excluding hydrogens is 335 g/mol. The monoisotopic (exact) mass is 348 g/mol. The van der Waals surface area contributed by atoms with Gasteiger partial charge in [-0.05, 0) is 51.2 Å². The number of hydrogen-bond donors (Lipinski definition) is 1. The number of amidine groups is 1. The number of benzene rings is 2. The van der Waals surface area contributed by atoms with Crippen LogP contribution in [-0.2, 0) is 6.42 Å². The minimum atomic E-state index is -0.260. The molecule has 1 N–H and O–H groups in total. The fourth-order valence-electron chi connectivity index (χ4n) is 2.83. The first-order chi connectivity index (χ1) is 10.2. The Morgan fingerprint density at radius 1 is 1.19 bits per heavy atom. The lowest BCUT2D eigenvalue weighted by Crippen LogP contribution is -2.38. The van der Waals surface area contributed by atoms with E-state index >= 15 is 0 Å². The van der Waals surface area contributed by atoms with Crippen molar-refractivity contribution < 1.29 is 9.60 Å². The Labute approximate surface area is 130 Å². The van der Waals surface area contributed by atoms with Crippen LogP contribution in [0.25, 0.3) is 0 Å². The summed E-state index contributed by atoms with van der Waals surface area (Å²) in [6.45, 7) is 0.726. The highest BCUT2D eigenvalue weighted by Gasteiger charge is 2.30. The topological polar surface area (TPSA) is 35.8 Å². The Kier molecular flexibility index (Phi) is 3.92. The summed E-state index contributed by atoms with van der Waals surface area (Å²) in [5.41, 5.74) is 3.38. The lowest BCUT2D eigenvalue weighted by atomic mass is 9.88. The first kappa shape index (κ1) is 14.1. The average Bonchev–Trinajstić information content (AvgIpc) is 2.54. The summed E-state index contributed by atoms with van der Waals surface area (Å²) in [6.07, 6.45) is 0.874. The van der Waals surface area contributed by atoms with Gasteiger partial charge in [-0.25, -0.2) is 4.39 Å². The fourth-order valence-corrected chi connectivity index (χ4v) is 3.21. The van der Waals surface area contributed by atoms with Crippen LogP contribution < -0.4 is 0 Å². The van der Waals surface area contributed by atoms with Crippen molar-refractivity contribution in [2.75, 3.05) is 6.54 Å². The molecule has 3 rings (SSSR count). The molecule has 0 saturated heterocycles. The van der Waals surface area contributed by atoms with Gasteiger partial charge in [-0.15, -0.1) is 0 Å². The van der Waals surface area contributed by atoms with Crippen LogP contribution in [0.4, 0.5) is 4.39 Å². The molecule has 21 heavy (non-hydrogen) atoms. The number of fused-ring (bicyclic) bond motifs is 1. The number of hydrogen-bond acceptors (Lipinski definition) is 2. The maximum Gasteiger partial charge on any atom is 0.212 e. The van der Waals surface area contributed by atoms with Gasteiger partial charge in [-0.1, -0.05) is 41.6 Å². The average molecular weight is 349 g/mol. The molecular formula is C16H14BrFN2O. The molecule has 0 spiro atoms. The van der Waals surface area contributed by atoms with Gasteiger partial charge in [0.2, 0.25) is 4.74 Å². The van der Waals surface area contributed by atoms with E-state index < -0.39 is 0 Å². The van der Waals surface area contributed by atoms with E-state index in [-0.39, 0.29) is 11.9 Å². The summed E-state index contributed by atoms with van der Waals surface area (Å²) in [5, 5.41) is 12.3. The number of oxime groups is 1. The van der Waals surface area contributed by atoms with E-state index in [2.05, 4.69) is 33.2 Å². The van der Waals surface area contributed by atoms with Crippen LogP contribution in [-0.4, -0.2) is 21.4 Å². The fraction of sp³-hybridized carbons (Fsp3) is 0.188. The van der Waals surface area contributed by atoms with Gasteiger partial charge in [-0.3, -0.25) is 0 Å². The number of rotatable bonds is 1. The molecule has 1 heterocycles. The Morgan fingerprint density at radius 3 is 2.62 bits per heavy atom. The van der Waals surface area contributed by atoms with Crippen molar-refractivity contribution in [2.45, 2.75) is 12.5 Å².